The standard InChI is InChI=1S/C16H20O3/c17-15(13-9-5-10-14(13)16(18)19)11-4-8-12-6-2-1-3-7-12/h1-3,6-7,9,14-15,17H,4-5,8,10-11H2,(H,18,19)/t14-,15+/m0/s1. The average Bonchev–Trinajstić information content (AvgIpc) is 2.89. The molecule has 1 aromatic rings. The maximum Gasteiger partial charge on any atom is 0.310 e. The summed E-state index contributed by atoms with van der Waals surface area (Å²) < 4.78 is 0. The highest BCUT2D eigenvalue weighted by molar-refractivity contribution is 5.74. The fourth-order valence-corrected chi connectivity index (χ4v) is 2.67. The van der Waals surface area contributed by atoms with Gasteiger partial charge in [-0.2, -0.15) is 0 Å². The first-order chi connectivity index (χ1) is 9.18. The van der Waals surface area contributed by atoms with Crippen LogP contribution in [0.2, 0.25) is 0 Å². The van der Waals surface area contributed by atoms with Crippen molar-refractivity contribution in [1.29, 1.82) is 0 Å². The van der Waals surface area contributed by atoms with Gasteiger partial charge in [0.05, 0.1) is 12.0 Å². The Labute approximate surface area is 113 Å². The maximum absolute atomic E-state index is 11.1. The number of carbonyl (C=O) groups is 1. The maximum atomic E-state index is 11.1. The first-order valence-electron chi connectivity index (χ1n) is 6.83. The molecule has 3 heteroatoms. The molecule has 0 unspecified atom stereocenters. The van der Waals surface area contributed by atoms with E-state index in [4.69, 9.17) is 5.11 Å². The van der Waals surface area contributed by atoms with E-state index in [2.05, 4.69) is 12.1 Å². The number of benzene rings is 1. The van der Waals surface area contributed by atoms with E-state index in [-0.39, 0.29) is 0 Å². The molecule has 0 aromatic heterocycles. The highest BCUT2D eigenvalue weighted by Gasteiger charge is 2.29. The van der Waals surface area contributed by atoms with Crippen molar-refractivity contribution >= 4 is 5.97 Å². The van der Waals surface area contributed by atoms with E-state index in [0.29, 0.717) is 18.4 Å². The topological polar surface area (TPSA) is 57.5 Å². The normalized spacial score (nSPS) is 20.1. The number of aryl methyl sites for hydroxylation is 1. The minimum Gasteiger partial charge on any atom is -0.481 e. The van der Waals surface area contributed by atoms with Crippen LogP contribution in [0.15, 0.2) is 42.0 Å². The third-order valence-electron chi connectivity index (χ3n) is 3.71. The Morgan fingerprint density at radius 2 is 2.05 bits per heavy atom. The molecule has 0 fully saturated rings. The summed E-state index contributed by atoms with van der Waals surface area (Å²) in [5.41, 5.74) is 1.96. The predicted octanol–water partition coefficient (Wildman–Crippen LogP) is 2.79. The fourth-order valence-electron chi connectivity index (χ4n) is 2.67. The van der Waals surface area contributed by atoms with Crippen LogP contribution in [0.25, 0.3) is 0 Å². The molecule has 2 atom stereocenters. The number of hydrogen-bond donors (Lipinski definition) is 2. The second kappa shape index (κ2) is 6.53. The van der Waals surface area contributed by atoms with Crippen molar-refractivity contribution in [3.63, 3.8) is 0 Å². The van der Waals surface area contributed by atoms with E-state index in [0.717, 1.165) is 19.3 Å². The summed E-state index contributed by atoms with van der Waals surface area (Å²) in [6.07, 6.45) is 5.10. The van der Waals surface area contributed by atoms with E-state index in [9.17, 15) is 9.90 Å². The number of allylic oxidation sites excluding steroid dienone is 1. The summed E-state index contributed by atoms with van der Waals surface area (Å²) in [5, 5.41) is 19.2. The van der Waals surface area contributed by atoms with Crippen LogP contribution in [0.1, 0.15) is 31.2 Å². The lowest BCUT2D eigenvalue weighted by molar-refractivity contribution is -0.140. The number of aliphatic hydroxyl groups is 1. The number of aliphatic carboxylic acids is 1. The van der Waals surface area contributed by atoms with Crippen LogP contribution in [0.3, 0.4) is 0 Å². The summed E-state index contributed by atoms with van der Waals surface area (Å²) in [4.78, 5) is 11.1. The minimum absolute atomic E-state index is 0.480. The van der Waals surface area contributed by atoms with Gasteiger partial charge < -0.3 is 10.2 Å². The Hall–Kier alpha value is -1.61. The lowest BCUT2D eigenvalue weighted by Crippen LogP contribution is -2.21. The first kappa shape index (κ1) is 13.8. The van der Waals surface area contributed by atoms with Gasteiger partial charge >= 0.3 is 5.97 Å². The number of carboxylic acid groups (broad SMARTS) is 1. The smallest absolute Gasteiger partial charge is 0.310 e. The molecule has 0 aliphatic heterocycles. The van der Waals surface area contributed by atoms with Gasteiger partial charge in [0.15, 0.2) is 0 Å². The van der Waals surface area contributed by atoms with Crippen molar-refractivity contribution in [1.82, 2.24) is 0 Å². The van der Waals surface area contributed by atoms with Gasteiger partial charge in [-0.05, 0) is 43.2 Å². The third-order valence-corrected chi connectivity index (χ3v) is 3.71. The van der Waals surface area contributed by atoms with Gasteiger partial charge in [-0.25, -0.2) is 0 Å². The van der Waals surface area contributed by atoms with Crippen molar-refractivity contribution in [3.05, 3.63) is 47.5 Å². The number of carboxylic acids is 1. The molecule has 1 aromatic carbocycles. The zero-order valence-corrected chi connectivity index (χ0v) is 11.0. The van der Waals surface area contributed by atoms with E-state index >= 15 is 0 Å². The zero-order valence-electron chi connectivity index (χ0n) is 11.0. The molecule has 0 amide bonds. The molecular weight excluding hydrogens is 240 g/mol. The second-order valence-electron chi connectivity index (χ2n) is 5.07. The summed E-state index contributed by atoms with van der Waals surface area (Å²) in [6, 6.07) is 10.1. The van der Waals surface area contributed by atoms with Crippen LogP contribution in [0, 0.1) is 5.92 Å². The number of rotatable bonds is 6. The monoisotopic (exact) mass is 260 g/mol. The van der Waals surface area contributed by atoms with Gasteiger partial charge in [0.2, 0.25) is 0 Å². The Balaban J connectivity index is 1.81. The molecule has 2 rings (SSSR count). The van der Waals surface area contributed by atoms with Gasteiger partial charge in [-0.1, -0.05) is 36.4 Å². The zero-order chi connectivity index (χ0) is 13.7. The quantitative estimate of drug-likeness (QED) is 0.773. The van der Waals surface area contributed by atoms with E-state index < -0.39 is 18.0 Å². The van der Waals surface area contributed by atoms with Crippen LogP contribution in [-0.2, 0) is 11.2 Å². The molecule has 1 aliphatic rings. The predicted molar refractivity (Wildman–Crippen MR) is 73.8 cm³/mol. The molecule has 2 N–H and O–H groups in total. The minimum atomic E-state index is -0.814. The van der Waals surface area contributed by atoms with Crippen LogP contribution < -0.4 is 0 Å². The molecule has 0 radical (unpaired) electrons. The van der Waals surface area contributed by atoms with Crippen LogP contribution in [0.4, 0.5) is 0 Å². The fraction of sp³-hybridized carbons (Fsp3) is 0.438. The molecule has 0 saturated heterocycles. The largest absolute Gasteiger partial charge is 0.481 e. The molecule has 0 heterocycles. The second-order valence-corrected chi connectivity index (χ2v) is 5.07. The van der Waals surface area contributed by atoms with Gasteiger partial charge in [-0.15, -0.1) is 0 Å². The number of hydrogen-bond acceptors (Lipinski definition) is 2. The van der Waals surface area contributed by atoms with Gasteiger partial charge in [0.1, 0.15) is 0 Å². The van der Waals surface area contributed by atoms with Crippen LogP contribution >= 0.6 is 0 Å². The molecule has 0 saturated carbocycles. The van der Waals surface area contributed by atoms with Gasteiger partial charge in [0, 0.05) is 0 Å². The highest BCUT2D eigenvalue weighted by atomic mass is 16.4. The molecular formula is C16H20O3. The van der Waals surface area contributed by atoms with E-state index in [1.807, 2.05) is 24.3 Å². The van der Waals surface area contributed by atoms with E-state index in [1.165, 1.54) is 5.56 Å². The average molecular weight is 260 g/mol. The molecule has 19 heavy (non-hydrogen) atoms. The molecule has 1 aliphatic carbocycles. The first-order valence-corrected chi connectivity index (χ1v) is 6.83. The van der Waals surface area contributed by atoms with Crippen molar-refractivity contribution in [2.45, 2.75) is 38.2 Å². The lowest BCUT2D eigenvalue weighted by atomic mass is 9.93. The SMILES string of the molecule is O=C(O)[C@H]1CCC=C1[C@H](O)CCCc1ccccc1. The lowest BCUT2D eigenvalue weighted by Gasteiger charge is -2.16. The van der Waals surface area contributed by atoms with Crippen molar-refractivity contribution in [2.24, 2.45) is 5.92 Å². The van der Waals surface area contributed by atoms with Crippen molar-refractivity contribution < 1.29 is 15.0 Å². The van der Waals surface area contributed by atoms with Crippen LogP contribution in [0.5, 0.6) is 0 Å². The van der Waals surface area contributed by atoms with Gasteiger partial charge in [-0.3, -0.25) is 4.79 Å². The summed E-state index contributed by atoms with van der Waals surface area (Å²) >= 11 is 0. The Bertz CT molecular complexity index is 450. The molecule has 102 valence electrons. The summed E-state index contributed by atoms with van der Waals surface area (Å²) in [6.45, 7) is 0. The highest BCUT2D eigenvalue weighted by Crippen LogP contribution is 2.30. The van der Waals surface area contributed by atoms with Crippen LogP contribution in [-0.4, -0.2) is 22.3 Å². The van der Waals surface area contributed by atoms with E-state index in [1.54, 1.807) is 0 Å². The molecule has 0 bridgehead atoms. The third kappa shape index (κ3) is 3.67. The Morgan fingerprint density at radius 3 is 2.74 bits per heavy atom. The molecule has 0 spiro atoms. The van der Waals surface area contributed by atoms with Crippen molar-refractivity contribution in [3.8, 4) is 0 Å². The number of aliphatic hydroxyl groups excluding tert-OH is 1. The van der Waals surface area contributed by atoms with Crippen molar-refractivity contribution in [2.75, 3.05) is 0 Å². The Morgan fingerprint density at radius 1 is 1.32 bits per heavy atom. The summed E-state index contributed by atoms with van der Waals surface area (Å²) in [5.74, 6) is -1.29. The van der Waals surface area contributed by atoms with Gasteiger partial charge in [0.25, 0.3) is 0 Å². The molecule has 3 nitrogen and oxygen atoms in total. The Kier molecular flexibility index (Phi) is 4.74. The summed E-state index contributed by atoms with van der Waals surface area (Å²) in [7, 11) is 0.